The molecule has 88 valence electrons. The van der Waals surface area contributed by atoms with E-state index in [4.69, 9.17) is 5.73 Å². The molecule has 0 unspecified atom stereocenters. The molecular weight excluding hydrogens is 220 g/mol. The number of nitrogens with two attached hydrogens (primary N) is 1. The van der Waals surface area contributed by atoms with Crippen LogP contribution in [0.4, 0.5) is 5.69 Å². The van der Waals surface area contributed by atoms with E-state index >= 15 is 0 Å². The van der Waals surface area contributed by atoms with E-state index in [1.807, 2.05) is 42.5 Å². The minimum atomic E-state index is 0.722. The lowest BCUT2D eigenvalue weighted by molar-refractivity contribution is 1.39. The van der Waals surface area contributed by atoms with E-state index < -0.39 is 0 Å². The first kappa shape index (κ1) is 10.8. The standard InChI is InChI=1S/C16H14N2/c1-11-7-8-15-13(9-11)10-14(17)16(18-15)12-5-3-2-4-6-12/h2-10H,17H2,1H3. The fourth-order valence-corrected chi connectivity index (χ4v) is 2.14. The Hall–Kier alpha value is -2.35. The molecule has 0 saturated carbocycles. The van der Waals surface area contributed by atoms with Crippen LogP contribution in [0.3, 0.4) is 0 Å². The number of hydrogen-bond donors (Lipinski definition) is 1. The van der Waals surface area contributed by atoms with Crippen molar-refractivity contribution in [3.63, 3.8) is 0 Å². The molecule has 0 aliphatic carbocycles. The normalized spacial score (nSPS) is 10.7. The number of aryl methyl sites for hydroxylation is 1. The molecule has 0 aliphatic rings. The molecule has 3 rings (SSSR count). The number of aromatic nitrogens is 1. The quantitative estimate of drug-likeness (QED) is 0.695. The van der Waals surface area contributed by atoms with Crippen molar-refractivity contribution in [1.29, 1.82) is 0 Å². The van der Waals surface area contributed by atoms with E-state index in [9.17, 15) is 0 Å². The highest BCUT2D eigenvalue weighted by Gasteiger charge is 2.06. The first-order valence-corrected chi connectivity index (χ1v) is 5.96. The minimum absolute atomic E-state index is 0.722. The Labute approximate surface area is 106 Å². The van der Waals surface area contributed by atoms with Gasteiger partial charge in [-0.25, -0.2) is 4.98 Å². The van der Waals surface area contributed by atoms with E-state index in [2.05, 4.69) is 24.0 Å². The molecule has 0 bridgehead atoms. The lowest BCUT2D eigenvalue weighted by atomic mass is 10.1. The van der Waals surface area contributed by atoms with Crippen molar-refractivity contribution >= 4 is 16.6 Å². The molecular formula is C16H14N2. The van der Waals surface area contributed by atoms with Gasteiger partial charge in [0.1, 0.15) is 0 Å². The van der Waals surface area contributed by atoms with Crippen LogP contribution in [0.2, 0.25) is 0 Å². The number of pyridine rings is 1. The highest BCUT2D eigenvalue weighted by molar-refractivity contribution is 5.88. The molecule has 0 saturated heterocycles. The van der Waals surface area contributed by atoms with Gasteiger partial charge in [-0.1, -0.05) is 42.0 Å². The van der Waals surface area contributed by atoms with Gasteiger partial charge in [-0.2, -0.15) is 0 Å². The maximum atomic E-state index is 6.11. The van der Waals surface area contributed by atoms with Gasteiger partial charge >= 0.3 is 0 Å². The number of hydrogen-bond acceptors (Lipinski definition) is 2. The number of nitrogen functional groups attached to an aromatic ring is 1. The summed E-state index contributed by atoms with van der Waals surface area (Å²) in [5.41, 5.74) is 10.9. The lowest BCUT2D eigenvalue weighted by Crippen LogP contribution is -1.94. The Bertz CT molecular complexity index is 703. The average Bonchev–Trinajstić information content (AvgIpc) is 2.39. The molecule has 0 amide bonds. The van der Waals surface area contributed by atoms with Gasteiger partial charge in [0.05, 0.1) is 16.9 Å². The Morgan fingerprint density at radius 2 is 1.72 bits per heavy atom. The van der Waals surface area contributed by atoms with Crippen LogP contribution >= 0.6 is 0 Å². The smallest absolute Gasteiger partial charge is 0.0938 e. The number of benzene rings is 2. The number of fused-ring (bicyclic) bond motifs is 1. The summed E-state index contributed by atoms with van der Waals surface area (Å²) in [7, 11) is 0. The van der Waals surface area contributed by atoms with Crippen molar-refractivity contribution in [2.75, 3.05) is 5.73 Å². The third kappa shape index (κ3) is 1.82. The highest BCUT2D eigenvalue weighted by Crippen LogP contribution is 2.27. The van der Waals surface area contributed by atoms with Gasteiger partial charge in [-0.05, 0) is 25.1 Å². The van der Waals surface area contributed by atoms with Crippen molar-refractivity contribution in [2.24, 2.45) is 0 Å². The van der Waals surface area contributed by atoms with Crippen molar-refractivity contribution < 1.29 is 0 Å². The first-order chi connectivity index (χ1) is 8.74. The number of rotatable bonds is 1. The SMILES string of the molecule is Cc1ccc2nc(-c3ccccc3)c(N)cc2c1. The maximum absolute atomic E-state index is 6.11. The van der Waals surface area contributed by atoms with Crippen LogP contribution in [0.15, 0.2) is 54.6 Å². The summed E-state index contributed by atoms with van der Waals surface area (Å²) in [6.07, 6.45) is 0. The summed E-state index contributed by atoms with van der Waals surface area (Å²) in [4.78, 5) is 4.66. The summed E-state index contributed by atoms with van der Waals surface area (Å²) < 4.78 is 0. The summed E-state index contributed by atoms with van der Waals surface area (Å²) in [6, 6.07) is 18.2. The van der Waals surface area contributed by atoms with E-state index in [-0.39, 0.29) is 0 Å². The van der Waals surface area contributed by atoms with Crippen LogP contribution in [0, 0.1) is 6.92 Å². The zero-order valence-corrected chi connectivity index (χ0v) is 10.2. The van der Waals surface area contributed by atoms with Crippen molar-refractivity contribution in [3.05, 3.63) is 60.2 Å². The van der Waals surface area contributed by atoms with Crippen molar-refractivity contribution in [3.8, 4) is 11.3 Å². The predicted molar refractivity (Wildman–Crippen MR) is 76.3 cm³/mol. The molecule has 1 heterocycles. The molecule has 0 spiro atoms. The topological polar surface area (TPSA) is 38.9 Å². The van der Waals surface area contributed by atoms with Gasteiger partial charge < -0.3 is 5.73 Å². The Kier molecular flexibility index (Phi) is 2.49. The molecule has 2 N–H and O–H groups in total. The molecule has 2 heteroatoms. The van der Waals surface area contributed by atoms with Gasteiger partial charge in [-0.15, -0.1) is 0 Å². The van der Waals surface area contributed by atoms with Crippen LogP contribution in [0.25, 0.3) is 22.2 Å². The van der Waals surface area contributed by atoms with E-state index in [1.54, 1.807) is 0 Å². The third-order valence-electron chi connectivity index (χ3n) is 3.05. The predicted octanol–water partition coefficient (Wildman–Crippen LogP) is 3.79. The second-order valence-corrected chi connectivity index (χ2v) is 4.49. The molecule has 0 radical (unpaired) electrons. The molecule has 3 aromatic rings. The van der Waals surface area contributed by atoms with Crippen LogP contribution in [-0.4, -0.2) is 4.98 Å². The minimum Gasteiger partial charge on any atom is -0.397 e. The van der Waals surface area contributed by atoms with Gasteiger partial charge in [0, 0.05) is 10.9 Å². The van der Waals surface area contributed by atoms with Gasteiger partial charge in [0.2, 0.25) is 0 Å². The van der Waals surface area contributed by atoms with Gasteiger partial charge in [0.15, 0.2) is 0 Å². The first-order valence-electron chi connectivity index (χ1n) is 5.96. The molecule has 0 atom stereocenters. The Morgan fingerprint density at radius 1 is 0.944 bits per heavy atom. The van der Waals surface area contributed by atoms with Gasteiger partial charge in [0.25, 0.3) is 0 Å². The van der Waals surface area contributed by atoms with Crippen LogP contribution in [0.5, 0.6) is 0 Å². The van der Waals surface area contributed by atoms with E-state index in [1.165, 1.54) is 5.56 Å². The average molecular weight is 234 g/mol. The molecule has 1 aromatic heterocycles. The molecule has 0 aliphatic heterocycles. The zero-order chi connectivity index (χ0) is 12.5. The van der Waals surface area contributed by atoms with Gasteiger partial charge in [-0.3, -0.25) is 0 Å². The summed E-state index contributed by atoms with van der Waals surface area (Å²) in [6.45, 7) is 2.07. The van der Waals surface area contributed by atoms with Crippen LogP contribution < -0.4 is 5.73 Å². The van der Waals surface area contributed by atoms with Crippen molar-refractivity contribution in [1.82, 2.24) is 4.98 Å². The fraction of sp³-hybridized carbons (Fsp3) is 0.0625. The Balaban J connectivity index is 2.25. The van der Waals surface area contributed by atoms with E-state index in [0.717, 1.165) is 27.8 Å². The molecule has 18 heavy (non-hydrogen) atoms. The summed E-state index contributed by atoms with van der Waals surface area (Å²) in [5, 5.41) is 1.09. The Morgan fingerprint density at radius 3 is 2.50 bits per heavy atom. The lowest BCUT2D eigenvalue weighted by Gasteiger charge is -2.07. The maximum Gasteiger partial charge on any atom is 0.0938 e. The van der Waals surface area contributed by atoms with Crippen LogP contribution in [-0.2, 0) is 0 Å². The monoisotopic (exact) mass is 234 g/mol. The second kappa shape index (κ2) is 4.15. The molecule has 2 nitrogen and oxygen atoms in total. The highest BCUT2D eigenvalue weighted by atomic mass is 14.7. The number of nitrogens with zero attached hydrogens (tertiary/aromatic N) is 1. The third-order valence-corrected chi connectivity index (χ3v) is 3.05. The zero-order valence-electron chi connectivity index (χ0n) is 10.2. The van der Waals surface area contributed by atoms with Crippen LogP contribution in [0.1, 0.15) is 5.56 Å². The van der Waals surface area contributed by atoms with E-state index in [0.29, 0.717) is 0 Å². The summed E-state index contributed by atoms with van der Waals surface area (Å²) >= 11 is 0. The molecule has 0 fully saturated rings. The molecule has 2 aromatic carbocycles. The number of anilines is 1. The fourth-order valence-electron chi connectivity index (χ4n) is 2.14. The van der Waals surface area contributed by atoms with Crippen molar-refractivity contribution in [2.45, 2.75) is 6.92 Å². The summed E-state index contributed by atoms with van der Waals surface area (Å²) in [5.74, 6) is 0. The largest absolute Gasteiger partial charge is 0.397 e. The second-order valence-electron chi connectivity index (χ2n) is 4.49.